The van der Waals surface area contributed by atoms with Crippen LogP contribution < -0.4 is 0 Å². The first-order valence-electron chi connectivity index (χ1n) is 3.00. The normalized spacial score (nSPS) is 11.0. The van der Waals surface area contributed by atoms with E-state index >= 15 is 0 Å². The molecule has 0 amide bonds. The van der Waals surface area contributed by atoms with Gasteiger partial charge in [0.05, 0.1) is 5.69 Å². The van der Waals surface area contributed by atoms with Crippen molar-refractivity contribution in [3.63, 3.8) is 0 Å². The lowest BCUT2D eigenvalue weighted by atomic mass is 10.5. The molecule has 0 aliphatic heterocycles. The van der Waals surface area contributed by atoms with Crippen molar-refractivity contribution in [2.45, 2.75) is 6.92 Å². The number of hydrogen-bond donors (Lipinski definition) is 0. The van der Waals surface area contributed by atoms with Gasteiger partial charge in [0.1, 0.15) is 0 Å². The van der Waals surface area contributed by atoms with Gasteiger partial charge >= 0.3 is 0 Å². The van der Waals surface area contributed by atoms with Gasteiger partial charge in [-0.3, -0.25) is 0 Å². The Balaban J connectivity index is 2.90. The predicted octanol–water partition coefficient (Wildman–Crippen LogP) is -0.229. The fraction of sp³-hybridized carbons (Fsp3) is 0.400. The number of nitrogens with zero attached hydrogens (tertiary/aromatic N) is 5. The molecular formula is C5H7N5. The van der Waals surface area contributed by atoms with Crippen LogP contribution >= 0.6 is 0 Å². The van der Waals surface area contributed by atoms with E-state index in [-0.39, 0.29) is 0 Å². The third kappa shape index (κ3) is 0.541. The minimum atomic E-state index is 0.914. The van der Waals surface area contributed by atoms with Gasteiger partial charge < -0.3 is 0 Å². The van der Waals surface area contributed by atoms with Crippen molar-refractivity contribution in [1.29, 1.82) is 0 Å². The second-order valence-electron chi connectivity index (χ2n) is 2.24. The van der Waals surface area contributed by atoms with E-state index in [1.165, 1.54) is 4.63 Å². The molecule has 0 aliphatic carbocycles. The van der Waals surface area contributed by atoms with Crippen LogP contribution in [0, 0.1) is 6.92 Å². The van der Waals surface area contributed by atoms with Crippen LogP contribution in [0.5, 0.6) is 0 Å². The van der Waals surface area contributed by atoms with Crippen molar-refractivity contribution < 1.29 is 0 Å². The zero-order chi connectivity index (χ0) is 7.14. The van der Waals surface area contributed by atoms with Crippen LogP contribution in [0.3, 0.4) is 0 Å². The molecule has 2 heterocycles. The molecule has 0 fully saturated rings. The Kier molecular flexibility index (Phi) is 0.841. The van der Waals surface area contributed by atoms with Crippen LogP contribution in [-0.2, 0) is 7.05 Å². The monoisotopic (exact) mass is 137 g/mol. The Labute approximate surface area is 57.2 Å². The second kappa shape index (κ2) is 1.56. The highest BCUT2D eigenvalue weighted by atomic mass is 15.6. The molecule has 2 aromatic rings. The lowest BCUT2D eigenvalue weighted by Gasteiger charge is -1.79. The van der Waals surface area contributed by atoms with Gasteiger partial charge in [0.15, 0.2) is 5.65 Å². The Hall–Kier alpha value is -1.39. The van der Waals surface area contributed by atoms with E-state index in [1.54, 1.807) is 4.68 Å². The predicted molar refractivity (Wildman–Crippen MR) is 34.5 cm³/mol. The fourth-order valence-electron chi connectivity index (χ4n) is 0.906. The van der Waals surface area contributed by atoms with E-state index in [9.17, 15) is 0 Å². The molecular weight excluding hydrogens is 130 g/mol. The molecule has 0 aromatic carbocycles. The molecule has 0 atom stereocenters. The molecule has 0 saturated carbocycles. The van der Waals surface area contributed by atoms with Crippen LogP contribution in [0.25, 0.3) is 5.65 Å². The Morgan fingerprint density at radius 3 is 2.90 bits per heavy atom. The summed E-state index contributed by atoms with van der Waals surface area (Å²) in [6.07, 6.45) is 0. The summed E-state index contributed by atoms with van der Waals surface area (Å²) in [5.74, 6) is 0. The molecule has 52 valence electrons. The van der Waals surface area contributed by atoms with E-state index in [1.807, 2.05) is 20.0 Å². The molecule has 0 bridgehead atoms. The van der Waals surface area contributed by atoms with Crippen molar-refractivity contribution in [3.05, 3.63) is 11.8 Å². The Bertz CT molecular complexity index is 357. The molecule has 2 rings (SSSR count). The van der Waals surface area contributed by atoms with Crippen molar-refractivity contribution >= 4 is 5.65 Å². The maximum Gasteiger partial charge on any atom is 0.176 e. The minimum absolute atomic E-state index is 0.914. The number of rotatable bonds is 0. The first-order valence-corrected chi connectivity index (χ1v) is 3.00. The highest BCUT2D eigenvalue weighted by molar-refractivity contribution is 5.36. The average Bonchev–Trinajstić information content (AvgIpc) is 2.35. The van der Waals surface area contributed by atoms with Gasteiger partial charge in [-0.1, -0.05) is 0 Å². The van der Waals surface area contributed by atoms with Gasteiger partial charge in [0.2, 0.25) is 0 Å². The summed E-state index contributed by atoms with van der Waals surface area (Å²) in [7, 11) is 1.84. The quantitative estimate of drug-likeness (QED) is 0.504. The molecule has 5 nitrogen and oxygen atoms in total. The summed E-state index contributed by atoms with van der Waals surface area (Å²) in [5, 5.41) is 11.6. The van der Waals surface area contributed by atoms with Crippen LogP contribution in [0.2, 0.25) is 0 Å². The number of aryl methyl sites for hydroxylation is 2. The van der Waals surface area contributed by atoms with E-state index in [0.29, 0.717) is 0 Å². The second-order valence-corrected chi connectivity index (χ2v) is 2.24. The van der Waals surface area contributed by atoms with Gasteiger partial charge in [0.25, 0.3) is 0 Å². The van der Waals surface area contributed by atoms with Crippen molar-refractivity contribution in [2.75, 3.05) is 0 Å². The van der Waals surface area contributed by atoms with Crippen molar-refractivity contribution in [1.82, 2.24) is 24.8 Å². The fourth-order valence-corrected chi connectivity index (χ4v) is 0.906. The molecule has 0 aliphatic rings. The number of hydrogen-bond acceptors (Lipinski definition) is 3. The first kappa shape index (κ1) is 5.40. The molecule has 0 saturated heterocycles. The SMILES string of the molecule is Cc1cc2n(C)nnn2n1. The third-order valence-corrected chi connectivity index (χ3v) is 1.39. The van der Waals surface area contributed by atoms with E-state index in [0.717, 1.165) is 11.3 Å². The zero-order valence-corrected chi connectivity index (χ0v) is 5.81. The maximum absolute atomic E-state index is 4.06. The highest BCUT2D eigenvalue weighted by Gasteiger charge is 2.01. The average molecular weight is 137 g/mol. The van der Waals surface area contributed by atoms with Crippen LogP contribution in [0.4, 0.5) is 0 Å². The number of aromatic nitrogens is 5. The largest absolute Gasteiger partial charge is 0.229 e. The molecule has 10 heavy (non-hydrogen) atoms. The summed E-state index contributed by atoms with van der Waals surface area (Å²) in [6, 6.07) is 1.93. The zero-order valence-electron chi connectivity index (χ0n) is 5.81. The van der Waals surface area contributed by atoms with E-state index in [2.05, 4.69) is 15.5 Å². The smallest absolute Gasteiger partial charge is 0.176 e. The summed E-state index contributed by atoms with van der Waals surface area (Å²) < 4.78 is 3.19. The van der Waals surface area contributed by atoms with Gasteiger partial charge in [-0.25, -0.2) is 4.68 Å². The minimum Gasteiger partial charge on any atom is -0.229 e. The molecule has 2 aromatic heterocycles. The van der Waals surface area contributed by atoms with Crippen LogP contribution in [0.15, 0.2) is 6.07 Å². The summed E-state index contributed by atoms with van der Waals surface area (Å²) >= 11 is 0. The van der Waals surface area contributed by atoms with E-state index in [4.69, 9.17) is 0 Å². The third-order valence-electron chi connectivity index (χ3n) is 1.39. The lowest BCUT2D eigenvalue weighted by Crippen LogP contribution is -1.88. The van der Waals surface area contributed by atoms with Crippen LogP contribution in [-0.4, -0.2) is 24.8 Å². The highest BCUT2D eigenvalue weighted by Crippen LogP contribution is 1.99. The van der Waals surface area contributed by atoms with Crippen molar-refractivity contribution in [3.8, 4) is 0 Å². The van der Waals surface area contributed by atoms with Crippen LogP contribution in [0.1, 0.15) is 5.69 Å². The van der Waals surface area contributed by atoms with Gasteiger partial charge in [-0.05, 0) is 17.4 Å². The van der Waals surface area contributed by atoms with Crippen molar-refractivity contribution in [2.24, 2.45) is 7.05 Å². The molecule has 0 radical (unpaired) electrons. The first-order chi connectivity index (χ1) is 4.77. The maximum atomic E-state index is 4.06. The number of fused-ring (bicyclic) bond motifs is 1. The molecule has 0 N–H and O–H groups in total. The van der Waals surface area contributed by atoms with Gasteiger partial charge in [0, 0.05) is 13.1 Å². The summed E-state index contributed by atoms with van der Waals surface area (Å²) in [4.78, 5) is 0. The summed E-state index contributed by atoms with van der Waals surface area (Å²) in [5.41, 5.74) is 1.87. The summed E-state index contributed by atoms with van der Waals surface area (Å²) in [6.45, 7) is 1.93. The molecule has 5 heteroatoms. The van der Waals surface area contributed by atoms with E-state index < -0.39 is 0 Å². The lowest BCUT2D eigenvalue weighted by molar-refractivity contribution is 0.683. The molecule has 0 unspecified atom stereocenters. The topological polar surface area (TPSA) is 48.0 Å². The molecule has 0 spiro atoms. The Morgan fingerprint density at radius 2 is 2.20 bits per heavy atom. The Morgan fingerprint density at radius 1 is 1.40 bits per heavy atom. The standard InChI is InChI=1S/C5H7N5/c1-4-3-5-9(2)7-8-10(5)6-4/h3H,1-2H3. The van der Waals surface area contributed by atoms with Gasteiger partial charge in [-0.15, -0.1) is 4.63 Å². The number of tetrazole rings is 1. The van der Waals surface area contributed by atoms with Gasteiger partial charge in [-0.2, -0.15) is 5.10 Å².